The van der Waals surface area contributed by atoms with E-state index >= 15 is 0 Å². The maximum atomic E-state index is 10.6. The van der Waals surface area contributed by atoms with Gasteiger partial charge in [-0.25, -0.2) is 0 Å². The third kappa shape index (κ3) is 5.58. The van der Waals surface area contributed by atoms with Crippen LogP contribution in [0.15, 0.2) is 12.2 Å². The summed E-state index contributed by atoms with van der Waals surface area (Å²) in [5.41, 5.74) is 0. The number of rotatable bonds is 11. The minimum absolute atomic E-state index is 0.242. The Bertz CT molecular complexity index is 466. The van der Waals surface area contributed by atoms with Crippen LogP contribution in [0.3, 0.4) is 0 Å². The lowest BCUT2D eigenvalue weighted by Gasteiger charge is -2.29. The van der Waals surface area contributed by atoms with Crippen LogP contribution in [0.4, 0.5) is 0 Å². The summed E-state index contributed by atoms with van der Waals surface area (Å²) in [7, 11) is 0. The molecule has 3 heteroatoms. The van der Waals surface area contributed by atoms with E-state index < -0.39 is 5.97 Å². The SMILES string of the molecule is O=C(O)CCCCCCC1C2CCC(C2)C1/C=C/C(O)CC1CCCC1. The lowest BCUT2D eigenvalue weighted by atomic mass is 9.76. The maximum absolute atomic E-state index is 10.6. The number of aliphatic hydroxyl groups excluding tert-OH is 1. The van der Waals surface area contributed by atoms with Crippen molar-refractivity contribution < 1.29 is 15.0 Å². The molecule has 0 aromatic heterocycles. The molecular formula is C23H38O3. The Hall–Kier alpha value is -0.830. The molecule has 2 bridgehead atoms. The van der Waals surface area contributed by atoms with E-state index in [9.17, 15) is 9.90 Å². The minimum Gasteiger partial charge on any atom is -0.481 e. The average molecular weight is 363 g/mol. The van der Waals surface area contributed by atoms with Crippen molar-refractivity contribution in [1.82, 2.24) is 0 Å². The molecule has 2 N–H and O–H groups in total. The van der Waals surface area contributed by atoms with E-state index in [1.807, 2.05) is 0 Å². The first kappa shape index (κ1) is 19.9. The molecule has 0 aromatic rings. The summed E-state index contributed by atoms with van der Waals surface area (Å²) in [6.45, 7) is 0. The van der Waals surface area contributed by atoms with E-state index in [0.29, 0.717) is 12.3 Å². The van der Waals surface area contributed by atoms with E-state index in [4.69, 9.17) is 5.11 Å². The molecule has 5 atom stereocenters. The van der Waals surface area contributed by atoms with Gasteiger partial charge in [-0.05, 0) is 68.1 Å². The smallest absolute Gasteiger partial charge is 0.303 e. The second-order valence-corrected chi connectivity index (χ2v) is 9.26. The van der Waals surface area contributed by atoms with Gasteiger partial charge in [-0.3, -0.25) is 4.79 Å². The number of aliphatic hydroxyl groups is 1. The molecule has 26 heavy (non-hydrogen) atoms. The van der Waals surface area contributed by atoms with Gasteiger partial charge in [-0.1, -0.05) is 57.1 Å². The fourth-order valence-corrected chi connectivity index (χ4v) is 6.12. The Morgan fingerprint density at radius 3 is 2.50 bits per heavy atom. The maximum Gasteiger partial charge on any atom is 0.303 e. The summed E-state index contributed by atoms with van der Waals surface area (Å²) >= 11 is 0. The highest BCUT2D eigenvalue weighted by atomic mass is 16.4. The quantitative estimate of drug-likeness (QED) is 0.373. The monoisotopic (exact) mass is 362 g/mol. The highest BCUT2D eigenvalue weighted by Crippen LogP contribution is 2.54. The number of hydrogen-bond acceptors (Lipinski definition) is 2. The van der Waals surface area contributed by atoms with Crippen molar-refractivity contribution in [2.45, 2.75) is 96.0 Å². The number of unbranched alkanes of at least 4 members (excludes halogenated alkanes) is 3. The summed E-state index contributed by atoms with van der Waals surface area (Å²) in [6, 6.07) is 0. The van der Waals surface area contributed by atoms with Gasteiger partial charge >= 0.3 is 5.97 Å². The molecule has 0 aromatic carbocycles. The van der Waals surface area contributed by atoms with Crippen molar-refractivity contribution >= 4 is 5.97 Å². The molecule has 3 aliphatic carbocycles. The summed E-state index contributed by atoms with van der Waals surface area (Å²) in [4.78, 5) is 10.6. The lowest BCUT2D eigenvalue weighted by Crippen LogP contribution is -2.21. The summed E-state index contributed by atoms with van der Waals surface area (Å²) in [6.07, 6.45) is 20.6. The van der Waals surface area contributed by atoms with Gasteiger partial charge in [0.1, 0.15) is 0 Å². The van der Waals surface area contributed by atoms with Crippen LogP contribution < -0.4 is 0 Å². The molecule has 3 saturated carbocycles. The molecule has 0 amide bonds. The number of carboxylic acids is 1. The molecule has 0 radical (unpaired) electrons. The highest BCUT2D eigenvalue weighted by Gasteiger charge is 2.45. The van der Waals surface area contributed by atoms with Crippen LogP contribution in [0, 0.1) is 29.6 Å². The predicted molar refractivity (Wildman–Crippen MR) is 105 cm³/mol. The molecule has 3 fully saturated rings. The third-order valence-corrected chi connectivity index (χ3v) is 7.44. The Balaban J connectivity index is 1.41. The second-order valence-electron chi connectivity index (χ2n) is 9.26. The van der Waals surface area contributed by atoms with Gasteiger partial charge in [0, 0.05) is 6.42 Å². The van der Waals surface area contributed by atoms with E-state index in [1.54, 1.807) is 0 Å². The second kappa shape index (κ2) is 9.92. The van der Waals surface area contributed by atoms with Crippen molar-refractivity contribution in [2.75, 3.05) is 0 Å². The largest absolute Gasteiger partial charge is 0.481 e. The van der Waals surface area contributed by atoms with Crippen LogP contribution in [0.25, 0.3) is 0 Å². The zero-order valence-corrected chi connectivity index (χ0v) is 16.3. The minimum atomic E-state index is -0.667. The average Bonchev–Trinajstić information content (AvgIpc) is 3.33. The van der Waals surface area contributed by atoms with Crippen LogP contribution in [0.5, 0.6) is 0 Å². The number of allylic oxidation sites excluding steroid dienone is 1. The lowest BCUT2D eigenvalue weighted by molar-refractivity contribution is -0.137. The molecule has 0 heterocycles. The van der Waals surface area contributed by atoms with Crippen molar-refractivity contribution in [3.8, 4) is 0 Å². The van der Waals surface area contributed by atoms with Crippen molar-refractivity contribution in [2.24, 2.45) is 29.6 Å². The van der Waals surface area contributed by atoms with Gasteiger partial charge < -0.3 is 10.2 Å². The number of hydrogen-bond donors (Lipinski definition) is 2. The molecule has 0 spiro atoms. The van der Waals surface area contributed by atoms with Crippen molar-refractivity contribution in [1.29, 1.82) is 0 Å². The Morgan fingerprint density at radius 2 is 1.73 bits per heavy atom. The van der Waals surface area contributed by atoms with Gasteiger partial charge in [0.25, 0.3) is 0 Å². The van der Waals surface area contributed by atoms with Gasteiger partial charge in [0.05, 0.1) is 6.10 Å². The zero-order chi connectivity index (χ0) is 18.4. The summed E-state index contributed by atoms with van der Waals surface area (Å²) < 4.78 is 0. The van der Waals surface area contributed by atoms with E-state index in [1.165, 1.54) is 64.2 Å². The Kier molecular flexibility index (Phi) is 7.60. The molecule has 3 nitrogen and oxygen atoms in total. The van der Waals surface area contributed by atoms with Crippen LogP contribution in [-0.2, 0) is 4.79 Å². The van der Waals surface area contributed by atoms with E-state index in [2.05, 4.69) is 12.2 Å². The predicted octanol–water partition coefficient (Wildman–Crippen LogP) is 5.57. The zero-order valence-electron chi connectivity index (χ0n) is 16.3. The Labute approximate surface area is 159 Å². The van der Waals surface area contributed by atoms with Crippen LogP contribution >= 0.6 is 0 Å². The molecular weight excluding hydrogens is 324 g/mol. The first-order valence-electron chi connectivity index (χ1n) is 11.2. The van der Waals surface area contributed by atoms with Gasteiger partial charge in [0.2, 0.25) is 0 Å². The van der Waals surface area contributed by atoms with Crippen LogP contribution in [-0.4, -0.2) is 22.3 Å². The van der Waals surface area contributed by atoms with Gasteiger partial charge in [-0.2, -0.15) is 0 Å². The standard InChI is InChI=1S/C23H38O3/c24-20(15-17-7-5-6-8-17)13-14-22-19-12-11-18(16-19)21(22)9-3-1-2-4-10-23(25)26/h13-14,17-22,24H,1-12,15-16H2,(H,25,26)/b14-13+. The van der Waals surface area contributed by atoms with Gasteiger partial charge in [-0.15, -0.1) is 0 Å². The number of aliphatic carboxylic acids is 1. The highest BCUT2D eigenvalue weighted by molar-refractivity contribution is 5.66. The molecule has 3 rings (SSSR count). The molecule has 5 unspecified atom stereocenters. The topological polar surface area (TPSA) is 57.5 Å². The third-order valence-electron chi connectivity index (χ3n) is 7.44. The van der Waals surface area contributed by atoms with E-state index in [0.717, 1.165) is 42.9 Å². The Morgan fingerprint density at radius 1 is 1.00 bits per heavy atom. The molecule has 0 saturated heterocycles. The van der Waals surface area contributed by atoms with Crippen LogP contribution in [0.1, 0.15) is 89.9 Å². The van der Waals surface area contributed by atoms with Crippen molar-refractivity contribution in [3.05, 3.63) is 12.2 Å². The van der Waals surface area contributed by atoms with E-state index in [-0.39, 0.29) is 6.10 Å². The number of fused-ring (bicyclic) bond motifs is 2. The molecule has 148 valence electrons. The first-order chi connectivity index (χ1) is 12.6. The van der Waals surface area contributed by atoms with Crippen LogP contribution in [0.2, 0.25) is 0 Å². The fraction of sp³-hybridized carbons (Fsp3) is 0.870. The molecule has 0 aliphatic heterocycles. The first-order valence-corrected chi connectivity index (χ1v) is 11.2. The normalized spacial score (nSPS) is 32.7. The fourth-order valence-electron chi connectivity index (χ4n) is 6.12. The number of carbonyl (C=O) groups is 1. The number of carboxylic acid groups (broad SMARTS) is 1. The summed E-state index contributed by atoms with van der Waals surface area (Å²) in [5.74, 6) is 3.33. The van der Waals surface area contributed by atoms with Crippen molar-refractivity contribution in [3.63, 3.8) is 0 Å². The summed E-state index contributed by atoms with van der Waals surface area (Å²) in [5, 5.41) is 19.1. The molecule has 3 aliphatic rings. The van der Waals surface area contributed by atoms with Gasteiger partial charge in [0.15, 0.2) is 0 Å².